The van der Waals surface area contributed by atoms with Gasteiger partial charge in [0.05, 0.1) is 0 Å². The van der Waals surface area contributed by atoms with E-state index in [0.29, 0.717) is 6.42 Å². The summed E-state index contributed by atoms with van der Waals surface area (Å²) in [4.78, 5) is 40.8. The van der Waals surface area contributed by atoms with Gasteiger partial charge in [0.25, 0.3) is 0 Å². The van der Waals surface area contributed by atoms with Gasteiger partial charge in [-0.25, -0.2) is 4.79 Å². The second kappa shape index (κ2) is 11.0. The van der Waals surface area contributed by atoms with Crippen molar-refractivity contribution in [2.24, 2.45) is 5.92 Å². The van der Waals surface area contributed by atoms with E-state index in [1.54, 1.807) is 27.8 Å². The number of carbonyl (C=O) groups is 3. The van der Waals surface area contributed by atoms with Crippen molar-refractivity contribution >= 4 is 17.9 Å². The first kappa shape index (κ1) is 28.5. The van der Waals surface area contributed by atoms with E-state index in [1.807, 2.05) is 66.7 Å². The molecule has 0 spiro atoms. The Kier molecular flexibility index (Phi) is 9.52. The molecule has 33 heavy (non-hydrogen) atoms. The van der Waals surface area contributed by atoms with Crippen LogP contribution in [0.2, 0.25) is 0 Å². The third kappa shape index (κ3) is 9.44. The number of carbonyl (C=O) groups excluding carboxylic acids is 3. The van der Waals surface area contributed by atoms with E-state index in [1.165, 1.54) is 4.90 Å². The molecule has 0 bridgehead atoms. The Balaban J connectivity index is 3.33. The fourth-order valence-corrected chi connectivity index (χ4v) is 3.44. The van der Waals surface area contributed by atoms with E-state index in [0.717, 1.165) is 16.7 Å². The molecule has 2 unspecified atom stereocenters. The van der Waals surface area contributed by atoms with E-state index < -0.39 is 29.3 Å². The Labute approximate surface area is 199 Å². The molecule has 1 aromatic rings. The lowest BCUT2D eigenvalue weighted by molar-refractivity contribution is -0.141. The van der Waals surface area contributed by atoms with E-state index in [4.69, 9.17) is 4.74 Å². The molecule has 0 saturated heterocycles. The van der Waals surface area contributed by atoms with Crippen LogP contribution in [0.1, 0.15) is 84.5 Å². The zero-order valence-electron chi connectivity index (χ0n) is 22.3. The molecule has 0 aliphatic carbocycles. The van der Waals surface area contributed by atoms with Crippen molar-refractivity contribution in [1.29, 1.82) is 0 Å². The lowest BCUT2D eigenvalue weighted by atomic mass is 9.96. The van der Waals surface area contributed by atoms with Crippen LogP contribution in [-0.4, -0.2) is 47.0 Å². The Morgan fingerprint density at radius 1 is 1.00 bits per heavy atom. The van der Waals surface area contributed by atoms with Gasteiger partial charge in [0, 0.05) is 12.6 Å². The Morgan fingerprint density at radius 3 is 2.03 bits per heavy atom. The van der Waals surface area contributed by atoms with E-state index in [-0.39, 0.29) is 17.7 Å². The molecule has 0 heterocycles. The summed E-state index contributed by atoms with van der Waals surface area (Å²) in [6.45, 7) is 18.9. The van der Waals surface area contributed by atoms with Gasteiger partial charge in [-0.05, 0) is 84.4 Å². The van der Waals surface area contributed by atoms with Crippen LogP contribution in [0.4, 0.5) is 4.79 Å². The molecule has 7 nitrogen and oxygen atoms in total. The summed E-state index contributed by atoms with van der Waals surface area (Å²) in [5, 5.41) is 5.71. The van der Waals surface area contributed by atoms with Crippen LogP contribution in [0, 0.1) is 19.8 Å². The quantitative estimate of drug-likeness (QED) is 0.618. The molecule has 0 aliphatic heterocycles. The van der Waals surface area contributed by atoms with E-state index in [9.17, 15) is 14.4 Å². The second-order valence-electron chi connectivity index (χ2n) is 11.3. The van der Waals surface area contributed by atoms with E-state index in [2.05, 4.69) is 10.6 Å². The highest BCUT2D eigenvalue weighted by atomic mass is 16.6. The zero-order chi connectivity index (χ0) is 25.7. The van der Waals surface area contributed by atoms with Gasteiger partial charge in [-0.2, -0.15) is 0 Å². The fourth-order valence-electron chi connectivity index (χ4n) is 3.44. The SMILES string of the molecule is Cc1ccc(C(C(=O)NC(C)(C)C)N(C)C(=O)C(CC(C)C)NC(=O)OC(C)(C)C)cc1C. The third-order valence-corrected chi connectivity index (χ3v) is 5.02. The molecule has 7 heteroatoms. The smallest absolute Gasteiger partial charge is 0.408 e. The van der Waals surface area contributed by atoms with Crippen LogP contribution in [0.25, 0.3) is 0 Å². The van der Waals surface area contributed by atoms with Crippen LogP contribution in [0.15, 0.2) is 18.2 Å². The highest BCUT2D eigenvalue weighted by molar-refractivity contribution is 5.92. The van der Waals surface area contributed by atoms with Gasteiger partial charge in [-0.15, -0.1) is 0 Å². The minimum Gasteiger partial charge on any atom is -0.444 e. The normalized spacial score (nSPS) is 13.8. The molecule has 186 valence electrons. The van der Waals surface area contributed by atoms with Crippen molar-refractivity contribution in [2.45, 2.75) is 98.9 Å². The van der Waals surface area contributed by atoms with Gasteiger partial charge >= 0.3 is 6.09 Å². The fraction of sp³-hybridized carbons (Fsp3) is 0.654. The lowest BCUT2D eigenvalue weighted by Crippen LogP contribution is -2.53. The van der Waals surface area contributed by atoms with Gasteiger partial charge in [-0.3, -0.25) is 9.59 Å². The number of ether oxygens (including phenoxy) is 1. The molecule has 1 aromatic carbocycles. The average Bonchev–Trinajstić information content (AvgIpc) is 2.60. The average molecular weight is 462 g/mol. The predicted octanol–water partition coefficient (Wildman–Crippen LogP) is 4.66. The summed E-state index contributed by atoms with van der Waals surface area (Å²) in [5.74, 6) is -0.477. The number of rotatable bonds is 7. The number of amides is 3. The van der Waals surface area contributed by atoms with Crippen LogP contribution in [-0.2, 0) is 14.3 Å². The highest BCUT2D eigenvalue weighted by Gasteiger charge is 2.35. The molecule has 0 radical (unpaired) electrons. The molecule has 0 aliphatic rings. The molecule has 2 N–H and O–H groups in total. The van der Waals surface area contributed by atoms with Crippen LogP contribution < -0.4 is 10.6 Å². The standard InChI is InChI=1S/C26H43N3O4/c1-16(2)14-20(27-24(32)33-26(8,9)10)23(31)29(11)21(22(30)28-25(5,6)7)19-13-12-17(3)18(4)15-19/h12-13,15-16,20-21H,14H2,1-11H3,(H,27,32)(H,28,30). The summed E-state index contributed by atoms with van der Waals surface area (Å²) in [5.41, 5.74) is 1.71. The number of nitrogens with one attached hydrogen (secondary N) is 2. The first-order chi connectivity index (χ1) is 14.9. The van der Waals surface area contributed by atoms with Crippen LogP contribution in [0.5, 0.6) is 0 Å². The van der Waals surface area contributed by atoms with E-state index >= 15 is 0 Å². The predicted molar refractivity (Wildman–Crippen MR) is 132 cm³/mol. The Morgan fingerprint density at radius 2 is 1.58 bits per heavy atom. The number of hydrogen-bond acceptors (Lipinski definition) is 4. The molecule has 2 atom stereocenters. The van der Waals surface area contributed by atoms with Crippen LogP contribution in [0.3, 0.4) is 0 Å². The summed E-state index contributed by atoms with van der Waals surface area (Å²) in [7, 11) is 1.61. The molecule has 0 saturated carbocycles. The number of alkyl carbamates (subject to hydrolysis) is 1. The van der Waals surface area contributed by atoms with Crippen molar-refractivity contribution in [3.63, 3.8) is 0 Å². The maximum Gasteiger partial charge on any atom is 0.408 e. The van der Waals surface area contributed by atoms with Crippen molar-refractivity contribution in [3.8, 4) is 0 Å². The molecule has 3 amide bonds. The maximum atomic E-state index is 13.6. The minimum absolute atomic E-state index is 0.144. The number of hydrogen-bond donors (Lipinski definition) is 2. The largest absolute Gasteiger partial charge is 0.444 e. The van der Waals surface area contributed by atoms with Crippen molar-refractivity contribution in [1.82, 2.24) is 15.5 Å². The second-order valence-corrected chi connectivity index (χ2v) is 11.3. The zero-order valence-corrected chi connectivity index (χ0v) is 22.3. The first-order valence-electron chi connectivity index (χ1n) is 11.6. The van der Waals surface area contributed by atoms with Crippen LogP contribution >= 0.6 is 0 Å². The van der Waals surface area contributed by atoms with Gasteiger partial charge in [0.1, 0.15) is 17.7 Å². The molecule has 1 rings (SSSR count). The summed E-state index contributed by atoms with van der Waals surface area (Å²) in [6, 6.07) is 4.10. The van der Waals surface area contributed by atoms with Gasteiger partial charge < -0.3 is 20.3 Å². The van der Waals surface area contributed by atoms with Crippen molar-refractivity contribution in [2.75, 3.05) is 7.05 Å². The van der Waals surface area contributed by atoms with Crippen molar-refractivity contribution < 1.29 is 19.1 Å². The summed E-state index contributed by atoms with van der Waals surface area (Å²) >= 11 is 0. The molecule has 0 fully saturated rings. The van der Waals surface area contributed by atoms with Gasteiger partial charge in [-0.1, -0.05) is 32.0 Å². The number of benzene rings is 1. The summed E-state index contributed by atoms with van der Waals surface area (Å²) < 4.78 is 5.37. The monoisotopic (exact) mass is 461 g/mol. The highest BCUT2D eigenvalue weighted by Crippen LogP contribution is 2.25. The van der Waals surface area contributed by atoms with Crippen molar-refractivity contribution in [3.05, 3.63) is 34.9 Å². The molecular formula is C26H43N3O4. The Bertz CT molecular complexity index is 850. The topological polar surface area (TPSA) is 87.7 Å². The number of likely N-dealkylation sites (N-methyl/N-ethyl adjacent to an activating group) is 1. The number of aryl methyl sites for hydroxylation is 2. The Hall–Kier alpha value is -2.57. The summed E-state index contributed by atoms with van der Waals surface area (Å²) in [6.07, 6.45) is -0.236. The maximum absolute atomic E-state index is 13.6. The van der Waals surface area contributed by atoms with Gasteiger partial charge in [0.2, 0.25) is 11.8 Å². The third-order valence-electron chi connectivity index (χ3n) is 5.02. The van der Waals surface area contributed by atoms with Gasteiger partial charge in [0.15, 0.2) is 0 Å². The first-order valence-corrected chi connectivity index (χ1v) is 11.6. The molecular weight excluding hydrogens is 418 g/mol. The molecule has 0 aromatic heterocycles. The number of nitrogens with zero attached hydrogens (tertiary/aromatic N) is 1. The minimum atomic E-state index is -0.842. The lowest BCUT2D eigenvalue weighted by Gasteiger charge is -2.34.